The van der Waals surface area contributed by atoms with Crippen molar-refractivity contribution in [3.05, 3.63) is 45.5 Å². The maximum absolute atomic E-state index is 5.79. The van der Waals surface area contributed by atoms with E-state index in [1.54, 1.807) is 0 Å². The smallest absolute Gasteiger partial charge is 0.0840 e. The van der Waals surface area contributed by atoms with Gasteiger partial charge in [0.25, 0.3) is 0 Å². The van der Waals surface area contributed by atoms with Gasteiger partial charge in [-0.25, -0.2) is 5.43 Å². The predicted molar refractivity (Wildman–Crippen MR) is 79.1 cm³/mol. The molecule has 1 heterocycles. The third-order valence-corrected chi connectivity index (χ3v) is 4.07. The van der Waals surface area contributed by atoms with Gasteiger partial charge in [0.2, 0.25) is 0 Å². The van der Waals surface area contributed by atoms with Crippen molar-refractivity contribution in [2.75, 3.05) is 0 Å². The molecule has 0 fully saturated rings. The van der Waals surface area contributed by atoms with Gasteiger partial charge in [-0.1, -0.05) is 42.1 Å². The number of hydrogen-bond acceptors (Lipinski definition) is 5. The summed E-state index contributed by atoms with van der Waals surface area (Å²) in [4.78, 5) is 1.10. The van der Waals surface area contributed by atoms with Crippen molar-refractivity contribution in [2.24, 2.45) is 5.84 Å². The Balaban J connectivity index is 2.50. The van der Waals surface area contributed by atoms with E-state index in [4.69, 9.17) is 5.84 Å². The highest BCUT2D eigenvalue weighted by molar-refractivity contribution is 7.05. The van der Waals surface area contributed by atoms with Crippen molar-refractivity contribution in [2.45, 2.75) is 39.7 Å². The summed E-state index contributed by atoms with van der Waals surface area (Å²) in [5, 5.41) is 4.24. The first-order chi connectivity index (χ1) is 9.04. The fraction of sp³-hybridized carbons (Fsp3) is 0.429. The van der Waals surface area contributed by atoms with E-state index in [1.165, 1.54) is 28.2 Å². The zero-order valence-corrected chi connectivity index (χ0v) is 12.6. The van der Waals surface area contributed by atoms with E-state index in [-0.39, 0.29) is 6.04 Å². The summed E-state index contributed by atoms with van der Waals surface area (Å²) >= 11 is 1.42. The molecule has 0 amide bonds. The van der Waals surface area contributed by atoms with Gasteiger partial charge in [-0.2, -0.15) is 0 Å². The third kappa shape index (κ3) is 2.83. The van der Waals surface area contributed by atoms with Crippen molar-refractivity contribution in [3.63, 3.8) is 0 Å². The average molecular weight is 276 g/mol. The molecule has 0 saturated heterocycles. The van der Waals surface area contributed by atoms with Gasteiger partial charge in [-0.3, -0.25) is 5.84 Å². The first-order valence-corrected chi connectivity index (χ1v) is 7.17. The minimum Gasteiger partial charge on any atom is -0.271 e. The summed E-state index contributed by atoms with van der Waals surface area (Å²) in [6.45, 7) is 8.43. The van der Waals surface area contributed by atoms with Gasteiger partial charge in [-0.05, 0) is 42.4 Å². The fourth-order valence-electron chi connectivity index (χ4n) is 2.18. The molecule has 0 aliphatic rings. The van der Waals surface area contributed by atoms with Crippen LogP contribution in [0.5, 0.6) is 0 Å². The molecule has 0 bridgehead atoms. The summed E-state index contributed by atoms with van der Waals surface area (Å²) in [5.74, 6) is 6.13. The van der Waals surface area contributed by atoms with E-state index in [9.17, 15) is 0 Å². The van der Waals surface area contributed by atoms with Crippen molar-refractivity contribution >= 4 is 11.5 Å². The van der Waals surface area contributed by atoms with E-state index >= 15 is 0 Å². The van der Waals surface area contributed by atoms with Gasteiger partial charge in [0.15, 0.2) is 0 Å². The van der Waals surface area contributed by atoms with Crippen LogP contribution in [0, 0.1) is 13.8 Å². The second-order valence-corrected chi connectivity index (χ2v) is 5.92. The number of rotatable bonds is 4. The normalized spacial score (nSPS) is 12.9. The molecule has 0 radical (unpaired) electrons. The van der Waals surface area contributed by atoms with Crippen molar-refractivity contribution in [1.82, 2.24) is 15.0 Å². The van der Waals surface area contributed by atoms with Crippen molar-refractivity contribution in [1.29, 1.82) is 0 Å². The van der Waals surface area contributed by atoms with Crippen LogP contribution in [-0.4, -0.2) is 9.59 Å². The van der Waals surface area contributed by atoms with Crippen LogP contribution in [-0.2, 0) is 0 Å². The Labute approximate surface area is 118 Å². The molecule has 3 N–H and O–H groups in total. The first kappa shape index (κ1) is 14.1. The van der Waals surface area contributed by atoms with Gasteiger partial charge >= 0.3 is 0 Å². The second-order valence-electron chi connectivity index (χ2n) is 5.14. The highest BCUT2D eigenvalue weighted by atomic mass is 32.1. The maximum atomic E-state index is 5.79. The topological polar surface area (TPSA) is 63.8 Å². The quantitative estimate of drug-likeness (QED) is 0.666. The fourth-order valence-corrected chi connectivity index (χ4v) is 3.07. The molecule has 102 valence electrons. The minimum absolute atomic E-state index is 0.0442. The average Bonchev–Trinajstić information content (AvgIpc) is 2.84. The predicted octanol–water partition coefficient (Wildman–Crippen LogP) is 2.83. The number of nitrogens with zero attached hydrogens (tertiary/aromatic N) is 2. The highest BCUT2D eigenvalue weighted by Crippen LogP contribution is 2.32. The van der Waals surface area contributed by atoms with Crippen molar-refractivity contribution < 1.29 is 0 Å². The Hall–Kier alpha value is -1.30. The van der Waals surface area contributed by atoms with Crippen LogP contribution in [0.2, 0.25) is 0 Å². The lowest BCUT2D eigenvalue weighted by Gasteiger charge is -2.19. The molecular weight excluding hydrogens is 256 g/mol. The van der Waals surface area contributed by atoms with E-state index in [0.29, 0.717) is 5.92 Å². The van der Waals surface area contributed by atoms with Gasteiger partial charge in [0.1, 0.15) is 0 Å². The number of benzene rings is 1. The zero-order chi connectivity index (χ0) is 14.0. The van der Waals surface area contributed by atoms with E-state index in [0.717, 1.165) is 10.6 Å². The lowest BCUT2D eigenvalue weighted by atomic mass is 9.95. The summed E-state index contributed by atoms with van der Waals surface area (Å²) < 4.78 is 4.09. The second kappa shape index (κ2) is 5.77. The van der Waals surface area contributed by atoms with Crippen LogP contribution in [0.1, 0.15) is 53.1 Å². The Morgan fingerprint density at radius 2 is 2.00 bits per heavy atom. The molecule has 19 heavy (non-hydrogen) atoms. The Morgan fingerprint density at radius 3 is 2.63 bits per heavy atom. The molecule has 2 aromatic rings. The molecule has 2 rings (SSSR count). The number of nitrogens with two attached hydrogens (primary N) is 1. The molecule has 1 aromatic heterocycles. The maximum Gasteiger partial charge on any atom is 0.0840 e. The summed E-state index contributed by atoms with van der Waals surface area (Å²) in [6.07, 6.45) is 0. The molecule has 0 spiro atoms. The van der Waals surface area contributed by atoms with Crippen LogP contribution in [0.3, 0.4) is 0 Å². The van der Waals surface area contributed by atoms with Crippen LogP contribution >= 0.6 is 11.5 Å². The number of hydrazine groups is 1. The van der Waals surface area contributed by atoms with Gasteiger partial charge in [0.05, 0.1) is 16.6 Å². The van der Waals surface area contributed by atoms with Crippen molar-refractivity contribution in [3.8, 4) is 0 Å². The number of hydrogen-bond donors (Lipinski definition) is 2. The number of aryl methyl sites for hydroxylation is 2. The molecule has 1 unspecified atom stereocenters. The molecule has 0 saturated carbocycles. The molecule has 4 nitrogen and oxygen atoms in total. The van der Waals surface area contributed by atoms with Gasteiger partial charge < -0.3 is 0 Å². The SMILES string of the molecule is Cc1ccc(C)c(C(NN)c2snnc2C(C)C)c1. The van der Waals surface area contributed by atoms with E-state index < -0.39 is 0 Å². The lowest BCUT2D eigenvalue weighted by molar-refractivity contribution is 0.628. The van der Waals surface area contributed by atoms with Crippen LogP contribution in [0.25, 0.3) is 0 Å². The number of aromatic nitrogens is 2. The molecular formula is C14H20N4S. The van der Waals surface area contributed by atoms with Gasteiger partial charge in [0, 0.05) is 0 Å². The Kier molecular flexibility index (Phi) is 4.29. The largest absolute Gasteiger partial charge is 0.271 e. The standard InChI is InChI=1S/C14H20N4S/c1-8(2)12-14(19-18-17-12)13(16-15)11-7-9(3)5-6-10(11)4/h5-8,13,16H,15H2,1-4H3. The monoisotopic (exact) mass is 276 g/mol. The summed E-state index contributed by atoms with van der Waals surface area (Å²) in [7, 11) is 0. The summed E-state index contributed by atoms with van der Waals surface area (Å²) in [5.41, 5.74) is 7.57. The van der Waals surface area contributed by atoms with E-state index in [1.807, 2.05) is 0 Å². The molecule has 5 heteroatoms. The van der Waals surface area contributed by atoms with E-state index in [2.05, 4.69) is 60.9 Å². The molecule has 0 aliphatic carbocycles. The van der Waals surface area contributed by atoms with Crippen LogP contribution in [0.4, 0.5) is 0 Å². The third-order valence-electron chi connectivity index (χ3n) is 3.26. The van der Waals surface area contributed by atoms with Crippen LogP contribution in [0.15, 0.2) is 18.2 Å². The summed E-state index contributed by atoms with van der Waals surface area (Å²) in [6, 6.07) is 6.36. The molecule has 0 aliphatic heterocycles. The Morgan fingerprint density at radius 1 is 1.26 bits per heavy atom. The molecule has 1 atom stereocenters. The Bertz CT molecular complexity index is 562. The minimum atomic E-state index is -0.0442. The molecule has 1 aromatic carbocycles. The zero-order valence-electron chi connectivity index (χ0n) is 11.8. The first-order valence-electron chi connectivity index (χ1n) is 6.40. The highest BCUT2D eigenvalue weighted by Gasteiger charge is 2.23. The van der Waals surface area contributed by atoms with Gasteiger partial charge in [-0.15, -0.1) is 5.10 Å². The lowest BCUT2D eigenvalue weighted by Crippen LogP contribution is -2.29. The van der Waals surface area contributed by atoms with Crippen LogP contribution < -0.4 is 11.3 Å². The number of nitrogens with one attached hydrogen (secondary N) is 1.